The second-order valence-electron chi connectivity index (χ2n) is 6.22. The molecule has 1 saturated carbocycles. The molecular formula is C18H18N4. The van der Waals surface area contributed by atoms with Crippen LogP contribution in [0.15, 0.2) is 48.7 Å². The fourth-order valence-electron chi connectivity index (χ4n) is 3.51. The van der Waals surface area contributed by atoms with Crippen molar-refractivity contribution in [1.82, 2.24) is 9.88 Å². The van der Waals surface area contributed by atoms with Gasteiger partial charge >= 0.3 is 0 Å². The molecule has 2 aliphatic rings. The van der Waals surface area contributed by atoms with Crippen molar-refractivity contribution in [3.05, 3.63) is 59.8 Å². The number of rotatable bonds is 4. The minimum atomic E-state index is 0.549. The van der Waals surface area contributed by atoms with Crippen molar-refractivity contribution in [2.45, 2.75) is 12.6 Å². The van der Waals surface area contributed by atoms with Crippen LogP contribution in [0.3, 0.4) is 0 Å². The van der Waals surface area contributed by atoms with Gasteiger partial charge in [0.15, 0.2) is 0 Å². The molecule has 1 aromatic carbocycles. The van der Waals surface area contributed by atoms with E-state index in [0.29, 0.717) is 11.6 Å². The summed E-state index contributed by atoms with van der Waals surface area (Å²) in [6, 6.07) is 17.0. The lowest BCUT2D eigenvalue weighted by atomic mass is 10.2. The number of pyridine rings is 1. The average Bonchev–Trinajstić information content (AvgIpc) is 3.01. The summed E-state index contributed by atoms with van der Waals surface area (Å²) < 4.78 is 0. The zero-order valence-corrected chi connectivity index (χ0v) is 12.3. The van der Waals surface area contributed by atoms with Gasteiger partial charge in [-0.15, -0.1) is 0 Å². The molecule has 2 heterocycles. The third kappa shape index (κ3) is 2.56. The lowest BCUT2D eigenvalue weighted by molar-refractivity contribution is 0.292. The van der Waals surface area contributed by atoms with E-state index in [9.17, 15) is 0 Å². The van der Waals surface area contributed by atoms with Gasteiger partial charge in [-0.3, -0.25) is 4.90 Å². The highest BCUT2D eigenvalue weighted by Crippen LogP contribution is 2.47. The van der Waals surface area contributed by atoms with Gasteiger partial charge < -0.3 is 5.32 Å². The summed E-state index contributed by atoms with van der Waals surface area (Å²) in [5, 5.41) is 12.3. The molecule has 1 N–H and O–H groups in total. The molecule has 2 aromatic rings. The molecule has 4 heteroatoms. The first-order valence-electron chi connectivity index (χ1n) is 7.72. The van der Waals surface area contributed by atoms with Gasteiger partial charge in [-0.05, 0) is 29.5 Å². The third-order valence-corrected chi connectivity index (χ3v) is 4.73. The van der Waals surface area contributed by atoms with Crippen LogP contribution in [0.2, 0.25) is 0 Å². The molecule has 1 aromatic heterocycles. The highest BCUT2D eigenvalue weighted by atomic mass is 15.2. The van der Waals surface area contributed by atoms with Gasteiger partial charge in [0, 0.05) is 31.9 Å². The van der Waals surface area contributed by atoms with Gasteiger partial charge in [0.2, 0.25) is 0 Å². The molecule has 110 valence electrons. The molecule has 2 fully saturated rings. The van der Waals surface area contributed by atoms with Crippen molar-refractivity contribution in [2.75, 3.05) is 18.4 Å². The van der Waals surface area contributed by atoms with E-state index in [0.717, 1.165) is 37.3 Å². The van der Waals surface area contributed by atoms with Crippen molar-refractivity contribution in [2.24, 2.45) is 11.8 Å². The van der Waals surface area contributed by atoms with Crippen LogP contribution >= 0.6 is 0 Å². The summed E-state index contributed by atoms with van der Waals surface area (Å²) in [5.41, 5.74) is 2.00. The zero-order chi connectivity index (χ0) is 14.9. The summed E-state index contributed by atoms with van der Waals surface area (Å²) in [7, 11) is 0. The van der Waals surface area contributed by atoms with Crippen LogP contribution in [0, 0.1) is 23.2 Å². The van der Waals surface area contributed by atoms with Crippen LogP contribution in [0.4, 0.5) is 5.82 Å². The maximum Gasteiger partial charge on any atom is 0.126 e. The number of hydrogen-bond donors (Lipinski definition) is 1. The molecule has 3 atom stereocenters. The maximum atomic E-state index is 8.79. The lowest BCUT2D eigenvalue weighted by Gasteiger charge is -2.20. The molecule has 1 aliphatic carbocycles. The Morgan fingerprint density at radius 2 is 1.91 bits per heavy atom. The second-order valence-corrected chi connectivity index (χ2v) is 6.22. The number of hydrogen-bond acceptors (Lipinski definition) is 4. The third-order valence-electron chi connectivity index (χ3n) is 4.73. The summed E-state index contributed by atoms with van der Waals surface area (Å²) in [4.78, 5) is 6.83. The van der Waals surface area contributed by atoms with Gasteiger partial charge in [-0.1, -0.05) is 30.3 Å². The number of piperidine rings is 1. The van der Waals surface area contributed by atoms with Gasteiger partial charge in [0.25, 0.3) is 0 Å². The first kappa shape index (κ1) is 13.3. The maximum absolute atomic E-state index is 8.79. The Hall–Kier alpha value is -2.38. The minimum absolute atomic E-state index is 0.549. The fourth-order valence-corrected chi connectivity index (χ4v) is 3.51. The summed E-state index contributed by atoms with van der Waals surface area (Å²) in [6.07, 6.45) is 1.63. The first-order chi connectivity index (χ1) is 10.8. The Labute approximate surface area is 130 Å². The Balaban J connectivity index is 1.30. The van der Waals surface area contributed by atoms with E-state index in [-0.39, 0.29) is 0 Å². The minimum Gasteiger partial charge on any atom is -0.367 e. The SMILES string of the molecule is N#Cc1ccc(NC2[C@H]3CN(Cc4ccccc4)C[C@@H]23)nc1. The van der Waals surface area contributed by atoms with Gasteiger partial charge in [-0.25, -0.2) is 4.98 Å². The number of likely N-dealkylation sites (tertiary alicyclic amines) is 1. The highest BCUT2D eigenvalue weighted by Gasteiger charge is 2.55. The van der Waals surface area contributed by atoms with Gasteiger partial charge in [0.1, 0.15) is 11.9 Å². The van der Waals surface area contributed by atoms with E-state index < -0.39 is 0 Å². The van der Waals surface area contributed by atoms with Crippen molar-refractivity contribution in [1.29, 1.82) is 5.26 Å². The molecule has 1 saturated heterocycles. The molecule has 1 aliphatic heterocycles. The van der Waals surface area contributed by atoms with Crippen LogP contribution in [-0.2, 0) is 6.54 Å². The number of fused-ring (bicyclic) bond motifs is 1. The zero-order valence-electron chi connectivity index (χ0n) is 12.3. The van der Waals surface area contributed by atoms with Crippen molar-refractivity contribution in [3.8, 4) is 6.07 Å². The van der Waals surface area contributed by atoms with E-state index in [1.54, 1.807) is 6.20 Å². The van der Waals surface area contributed by atoms with Crippen LogP contribution < -0.4 is 5.32 Å². The summed E-state index contributed by atoms with van der Waals surface area (Å²) >= 11 is 0. The number of benzene rings is 1. The quantitative estimate of drug-likeness (QED) is 0.940. The van der Waals surface area contributed by atoms with Crippen LogP contribution in [0.25, 0.3) is 0 Å². The largest absolute Gasteiger partial charge is 0.367 e. The number of nitrogens with zero attached hydrogens (tertiary/aromatic N) is 3. The Kier molecular flexibility index (Phi) is 3.28. The Bertz CT molecular complexity index is 677. The van der Waals surface area contributed by atoms with E-state index in [1.807, 2.05) is 12.1 Å². The van der Waals surface area contributed by atoms with E-state index in [2.05, 4.69) is 51.6 Å². The number of nitriles is 1. The van der Waals surface area contributed by atoms with Crippen molar-refractivity contribution >= 4 is 5.82 Å². The Morgan fingerprint density at radius 1 is 1.14 bits per heavy atom. The van der Waals surface area contributed by atoms with Gasteiger partial charge in [-0.2, -0.15) is 5.26 Å². The topological polar surface area (TPSA) is 52.0 Å². The fraction of sp³-hybridized carbons (Fsp3) is 0.333. The van der Waals surface area contributed by atoms with E-state index in [1.165, 1.54) is 5.56 Å². The smallest absolute Gasteiger partial charge is 0.126 e. The molecule has 1 unspecified atom stereocenters. The molecule has 0 bridgehead atoms. The van der Waals surface area contributed by atoms with Crippen LogP contribution in [0.1, 0.15) is 11.1 Å². The van der Waals surface area contributed by atoms with Crippen molar-refractivity contribution < 1.29 is 0 Å². The molecule has 22 heavy (non-hydrogen) atoms. The highest BCUT2D eigenvalue weighted by molar-refractivity contribution is 5.42. The molecule has 0 radical (unpaired) electrons. The standard InChI is InChI=1S/C18H18N4/c19-8-14-6-7-17(20-9-14)21-18-15-11-22(12-16(15)18)10-13-4-2-1-3-5-13/h1-7,9,15-16,18H,10-12H2,(H,20,21)/t15-,16+,18?. The predicted molar refractivity (Wildman–Crippen MR) is 85.1 cm³/mol. The first-order valence-corrected chi connectivity index (χ1v) is 7.72. The molecule has 0 spiro atoms. The number of aromatic nitrogens is 1. The molecule has 4 nitrogen and oxygen atoms in total. The van der Waals surface area contributed by atoms with Crippen LogP contribution in [-0.4, -0.2) is 29.0 Å². The second kappa shape index (κ2) is 5.43. The molecular weight excluding hydrogens is 272 g/mol. The molecule has 0 amide bonds. The summed E-state index contributed by atoms with van der Waals surface area (Å²) in [6.45, 7) is 3.37. The lowest BCUT2D eigenvalue weighted by Crippen LogP contribution is -2.27. The Morgan fingerprint density at radius 3 is 2.55 bits per heavy atom. The average molecular weight is 290 g/mol. The molecule has 4 rings (SSSR count). The van der Waals surface area contributed by atoms with Crippen LogP contribution in [0.5, 0.6) is 0 Å². The van der Waals surface area contributed by atoms with E-state index in [4.69, 9.17) is 5.26 Å². The summed E-state index contributed by atoms with van der Waals surface area (Å²) in [5.74, 6) is 2.36. The monoisotopic (exact) mass is 290 g/mol. The predicted octanol–water partition coefficient (Wildman–Crippen LogP) is 2.50. The normalized spacial score (nSPS) is 26.2. The van der Waals surface area contributed by atoms with Crippen molar-refractivity contribution in [3.63, 3.8) is 0 Å². The number of nitrogens with one attached hydrogen (secondary N) is 1. The van der Waals surface area contributed by atoms with Gasteiger partial charge in [0.05, 0.1) is 5.56 Å². The number of anilines is 1. The van der Waals surface area contributed by atoms with E-state index >= 15 is 0 Å².